The second-order valence-electron chi connectivity index (χ2n) is 4.02. The minimum absolute atomic E-state index is 0.144. The van der Waals surface area contributed by atoms with Crippen molar-refractivity contribution in [3.63, 3.8) is 0 Å². The lowest BCUT2D eigenvalue weighted by Crippen LogP contribution is -2.34. The summed E-state index contributed by atoms with van der Waals surface area (Å²) < 4.78 is 0. The molecule has 1 aromatic heterocycles. The molecule has 3 heteroatoms. The number of amides is 1. The smallest absolute Gasteiger partial charge is 0.263 e. The van der Waals surface area contributed by atoms with Crippen LogP contribution in [0.2, 0.25) is 0 Å². The Morgan fingerprint density at radius 3 is 2.53 bits per heavy atom. The lowest BCUT2D eigenvalue weighted by Gasteiger charge is -2.23. The summed E-state index contributed by atoms with van der Waals surface area (Å²) in [6, 6.07) is 2.29. The molecular weight excluding hydrogens is 206 g/mol. The topological polar surface area (TPSA) is 20.3 Å². The minimum Gasteiger partial charge on any atom is -0.338 e. The highest BCUT2D eigenvalue weighted by atomic mass is 32.1. The molecule has 1 rings (SSSR count). The summed E-state index contributed by atoms with van der Waals surface area (Å²) in [7, 11) is 1.88. The molecule has 15 heavy (non-hydrogen) atoms. The Morgan fingerprint density at radius 1 is 1.53 bits per heavy atom. The first-order valence-corrected chi connectivity index (χ1v) is 6.13. The summed E-state index contributed by atoms with van der Waals surface area (Å²) in [5, 5.41) is 0. The van der Waals surface area contributed by atoms with Gasteiger partial charge in [0.15, 0.2) is 0 Å². The van der Waals surface area contributed by atoms with Crippen LogP contribution in [0.4, 0.5) is 0 Å². The number of carbonyl (C=O) groups is 1. The molecule has 1 amide bonds. The third-order valence-corrected chi connectivity index (χ3v) is 4.09. The molecule has 1 heterocycles. The fourth-order valence-corrected chi connectivity index (χ4v) is 2.34. The average molecular weight is 225 g/mol. The highest BCUT2D eigenvalue weighted by Gasteiger charge is 2.18. The summed E-state index contributed by atoms with van der Waals surface area (Å²) in [6.07, 6.45) is 0.992. The van der Waals surface area contributed by atoms with Crippen molar-refractivity contribution in [2.45, 2.75) is 40.2 Å². The highest BCUT2D eigenvalue weighted by Crippen LogP contribution is 2.22. The Hall–Kier alpha value is -0.830. The third-order valence-electron chi connectivity index (χ3n) is 2.95. The zero-order valence-electron chi connectivity index (χ0n) is 10.1. The molecule has 1 unspecified atom stereocenters. The zero-order chi connectivity index (χ0) is 11.6. The number of nitrogens with zero attached hydrogens (tertiary/aromatic N) is 1. The molecule has 0 spiro atoms. The average Bonchev–Trinajstić information content (AvgIpc) is 2.56. The van der Waals surface area contributed by atoms with Gasteiger partial charge in [-0.05, 0) is 38.8 Å². The maximum atomic E-state index is 12.0. The van der Waals surface area contributed by atoms with Crippen LogP contribution in [0.1, 0.15) is 40.4 Å². The Morgan fingerprint density at radius 2 is 2.13 bits per heavy atom. The van der Waals surface area contributed by atoms with E-state index >= 15 is 0 Å². The van der Waals surface area contributed by atoms with Crippen LogP contribution in [0.3, 0.4) is 0 Å². The fraction of sp³-hybridized carbons (Fsp3) is 0.583. The van der Waals surface area contributed by atoms with Gasteiger partial charge in [-0.25, -0.2) is 0 Å². The molecule has 1 aromatic rings. The van der Waals surface area contributed by atoms with E-state index in [0.29, 0.717) is 6.04 Å². The molecular formula is C12H19NOS. The summed E-state index contributed by atoms with van der Waals surface area (Å²) in [4.78, 5) is 16.0. The van der Waals surface area contributed by atoms with E-state index in [0.717, 1.165) is 11.3 Å². The molecule has 0 aliphatic carbocycles. The Bertz CT molecular complexity index is 337. The van der Waals surface area contributed by atoms with Crippen molar-refractivity contribution in [3.8, 4) is 0 Å². The van der Waals surface area contributed by atoms with Gasteiger partial charge in [0.25, 0.3) is 5.91 Å². The molecule has 0 aliphatic heterocycles. The maximum Gasteiger partial charge on any atom is 0.263 e. The van der Waals surface area contributed by atoms with Gasteiger partial charge in [0, 0.05) is 18.0 Å². The van der Waals surface area contributed by atoms with Crippen molar-refractivity contribution in [1.82, 2.24) is 4.90 Å². The molecule has 0 saturated carbocycles. The first-order valence-electron chi connectivity index (χ1n) is 5.31. The van der Waals surface area contributed by atoms with Gasteiger partial charge >= 0.3 is 0 Å². The molecule has 0 radical (unpaired) electrons. The molecule has 0 aliphatic rings. The van der Waals surface area contributed by atoms with E-state index in [1.807, 2.05) is 24.9 Å². The lowest BCUT2D eigenvalue weighted by atomic mass is 10.2. The van der Waals surface area contributed by atoms with Crippen LogP contribution in [0, 0.1) is 13.8 Å². The van der Waals surface area contributed by atoms with E-state index in [2.05, 4.69) is 20.8 Å². The summed E-state index contributed by atoms with van der Waals surface area (Å²) >= 11 is 1.59. The van der Waals surface area contributed by atoms with E-state index < -0.39 is 0 Å². The largest absolute Gasteiger partial charge is 0.338 e. The molecule has 2 nitrogen and oxygen atoms in total. The van der Waals surface area contributed by atoms with Crippen LogP contribution < -0.4 is 0 Å². The Kier molecular flexibility index (Phi) is 3.91. The Labute approximate surface area is 95.9 Å². The number of carbonyl (C=O) groups excluding carboxylic acids is 1. The quantitative estimate of drug-likeness (QED) is 0.773. The SMILES string of the molecule is CCC(C)N(C)C(=O)c1cc(C)c(C)s1. The van der Waals surface area contributed by atoms with Crippen molar-refractivity contribution in [2.24, 2.45) is 0 Å². The summed E-state index contributed by atoms with van der Waals surface area (Å²) in [5.74, 6) is 0.144. The molecule has 0 N–H and O–H groups in total. The van der Waals surface area contributed by atoms with E-state index in [1.54, 1.807) is 11.3 Å². The summed E-state index contributed by atoms with van der Waals surface area (Å²) in [5.41, 5.74) is 1.21. The van der Waals surface area contributed by atoms with Crippen LogP contribution in [0.15, 0.2) is 6.07 Å². The standard InChI is InChI=1S/C12H19NOS/c1-6-9(3)13(5)12(14)11-7-8(2)10(4)15-11/h7,9H,6H2,1-5H3. The van der Waals surface area contributed by atoms with E-state index in [9.17, 15) is 4.79 Å². The maximum absolute atomic E-state index is 12.0. The van der Waals surface area contributed by atoms with Gasteiger partial charge in [-0.3, -0.25) is 4.79 Å². The van der Waals surface area contributed by atoms with Crippen molar-refractivity contribution < 1.29 is 4.79 Å². The number of hydrogen-bond donors (Lipinski definition) is 0. The van der Waals surface area contributed by atoms with Gasteiger partial charge in [-0.15, -0.1) is 11.3 Å². The van der Waals surface area contributed by atoms with Crippen LogP contribution in [-0.4, -0.2) is 23.9 Å². The number of hydrogen-bond acceptors (Lipinski definition) is 2. The van der Waals surface area contributed by atoms with Gasteiger partial charge < -0.3 is 4.90 Å². The monoisotopic (exact) mass is 225 g/mol. The second kappa shape index (κ2) is 4.79. The third kappa shape index (κ3) is 2.59. The van der Waals surface area contributed by atoms with Crippen LogP contribution in [0.5, 0.6) is 0 Å². The molecule has 0 saturated heterocycles. The first kappa shape index (κ1) is 12.2. The van der Waals surface area contributed by atoms with E-state index in [1.165, 1.54) is 10.4 Å². The van der Waals surface area contributed by atoms with E-state index in [4.69, 9.17) is 0 Å². The second-order valence-corrected chi connectivity index (χ2v) is 5.28. The van der Waals surface area contributed by atoms with E-state index in [-0.39, 0.29) is 5.91 Å². The van der Waals surface area contributed by atoms with Crippen molar-refractivity contribution in [3.05, 3.63) is 21.4 Å². The van der Waals surface area contributed by atoms with Crippen LogP contribution in [0.25, 0.3) is 0 Å². The molecule has 0 bridgehead atoms. The first-order chi connectivity index (χ1) is 6.97. The van der Waals surface area contributed by atoms with Gasteiger partial charge in [0.1, 0.15) is 0 Å². The van der Waals surface area contributed by atoms with Gasteiger partial charge in [-0.1, -0.05) is 6.92 Å². The molecule has 1 atom stereocenters. The number of thiophene rings is 1. The molecule has 0 fully saturated rings. The van der Waals surface area contributed by atoms with Crippen LogP contribution in [-0.2, 0) is 0 Å². The number of rotatable bonds is 3. The number of aryl methyl sites for hydroxylation is 2. The Balaban J connectivity index is 2.85. The minimum atomic E-state index is 0.144. The van der Waals surface area contributed by atoms with Gasteiger partial charge in [-0.2, -0.15) is 0 Å². The predicted molar refractivity (Wildman–Crippen MR) is 65.6 cm³/mol. The zero-order valence-corrected chi connectivity index (χ0v) is 10.9. The molecule has 0 aromatic carbocycles. The highest BCUT2D eigenvalue weighted by molar-refractivity contribution is 7.14. The normalized spacial score (nSPS) is 12.6. The molecule has 84 valence electrons. The lowest BCUT2D eigenvalue weighted by molar-refractivity contribution is 0.0745. The van der Waals surface area contributed by atoms with Gasteiger partial charge in [0.05, 0.1) is 4.88 Å². The summed E-state index contributed by atoms with van der Waals surface area (Å²) in [6.45, 7) is 8.27. The van der Waals surface area contributed by atoms with Gasteiger partial charge in [0.2, 0.25) is 0 Å². The van der Waals surface area contributed by atoms with Crippen molar-refractivity contribution in [1.29, 1.82) is 0 Å². The predicted octanol–water partition coefficient (Wildman–Crippen LogP) is 3.24. The van der Waals surface area contributed by atoms with Crippen LogP contribution >= 0.6 is 11.3 Å². The van der Waals surface area contributed by atoms with Crippen molar-refractivity contribution in [2.75, 3.05) is 7.05 Å². The van der Waals surface area contributed by atoms with Crippen molar-refractivity contribution >= 4 is 17.2 Å². The fourth-order valence-electron chi connectivity index (χ4n) is 1.33.